The maximum atomic E-state index is 4.30. The van der Waals surface area contributed by atoms with E-state index in [1.807, 2.05) is 42.8 Å². The van der Waals surface area contributed by atoms with Crippen LogP contribution < -0.4 is 0 Å². The molecule has 0 aromatic heterocycles. The molecule has 0 spiro atoms. The van der Waals surface area contributed by atoms with Gasteiger partial charge in [0.25, 0.3) is 0 Å². The fourth-order valence-corrected chi connectivity index (χ4v) is 1.52. The van der Waals surface area contributed by atoms with E-state index in [1.165, 1.54) is 23.9 Å². The molecule has 0 bridgehead atoms. The Balaban J connectivity index is 2.90. The third-order valence-corrected chi connectivity index (χ3v) is 2.24. The molecule has 0 aliphatic heterocycles. The monoisotopic (exact) mass is 224 g/mol. The SMILES string of the molecule is CSN=CC(=NSC)c1ccccc1. The highest BCUT2D eigenvalue weighted by Gasteiger charge is 1.98. The minimum Gasteiger partial charge on any atom is -0.223 e. The molecule has 4 heteroatoms. The van der Waals surface area contributed by atoms with Gasteiger partial charge in [-0.1, -0.05) is 30.3 Å². The molecule has 2 nitrogen and oxygen atoms in total. The van der Waals surface area contributed by atoms with Gasteiger partial charge in [-0.15, -0.1) is 0 Å². The number of hydrogen-bond donors (Lipinski definition) is 0. The smallest absolute Gasteiger partial charge is 0.0974 e. The van der Waals surface area contributed by atoms with Crippen molar-refractivity contribution in [3.05, 3.63) is 35.9 Å². The second-order valence-electron chi connectivity index (χ2n) is 2.44. The van der Waals surface area contributed by atoms with Crippen LogP contribution in [0.2, 0.25) is 0 Å². The third-order valence-electron chi connectivity index (χ3n) is 1.54. The topological polar surface area (TPSA) is 24.7 Å². The van der Waals surface area contributed by atoms with Crippen molar-refractivity contribution in [1.82, 2.24) is 0 Å². The third kappa shape index (κ3) is 3.55. The first kappa shape index (κ1) is 11.3. The molecule has 0 fully saturated rings. The Kier molecular flexibility index (Phi) is 5.40. The second-order valence-corrected chi connectivity index (χ2v) is 3.57. The molecule has 14 heavy (non-hydrogen) atoms. The van der Waals surface area contributed by atoms with Crippen molar-refractivity contribution in [3.63, 3.8) is 0 Å². The van der Waals surface area contributed by atoms with Crippen molar-refractivity contribution in [1.29, 1.82) is 0 Å². The van der Waals surface area contributed by atoms with E-state index in [9.17, 15) is 0 Å². The van der Waals surface area contributed by atoms with Crippen LogP contribution in [0.4, 0.5) is 0 Å². The summed E-state index contributed by atoms with van der Waals surface area (Å²) in [7, 11) is 0. The van der Waals surface area contributed by atoms with Crippen molar-refractivity contribution in [3.8, 4) is 0 Å². The molecule has 0 heterocycles. The lowest BCUT2D eigenvalue weighted by Gasteiger charge is -1.98. The summed E-state index contributed by atoms with van der Waals surface area (Å²) < 4.78 is 8.42. The molecule has 0 saturated carbocycles. The Hall–Kier alpha value is -0.740. The van der Waals surface area contributed by atoms with Gasteiger partial charge in [0.2, 0.25) is 0 Å². The Morgan fingerprint density at radius 1 is 1.14 bits per heavy atom. The van der Waals surface area contributed by atoms with E-state index in [4.69, 9.17) is 0 Å². The molecule has 0 aliphatic rings. The first-order chi connectivity index (χ1) is 6.88. The predicted molar refractivity (Wildman–Crippen MR) is 68.5 cm³/mol. The number of nitrogens with zero attached hydrogens (tertiary/aromatic N) is 2. The average Bonchev–Trinajstić information content (AvgIpc) is 2.25. The highest BCUT2D eigenvalue weighted by Crippen LogP contribution is 2.05. The van der Waals surface area contributed by atoms with E-state index < -0.39 is 0 Å². The normalized spacial score (nSPS) is 12.3. The Morgan fingerprint density at radius 3 is 2.43 bits per heavy atom. The van der Waals surface area contributed by atoms with Crippen molar-refractivity contribution in [2.75, 3.05) is 12.5 Å². The van der Waals surface area contributed by atoms with Crippen molar-refractivity contribution >= 4 is 35.8 Å². The average molecular weight is 224 g/mol. The lowest BCUT2D eigenvalue weighted by atomic mass is 10.1. The van der Waals surface area contributed by atoms with Crippen LogP contribution in [0.5, 0.6) is 0 Å². The summed E-state index contributed by atoms with van der Waals surface area (Å²) in [5, 5.41) is 0. The zero-order chi connectivity index (χ0) is 10.2. The summed E-state index contributed by atoms with van der Waals surface area (Å²) >= 11 is 2.87. The van der Waals surface area contributed by atoms with Gasteiger partial charge in [0.15, 0.2) is 0 Å². The van der Waals surface area contributed by atoms with Crippen molar-refractivity contribution in [2.24, 2.45) is 8.80 Å². The van der Waals surface area contributed by atoms with E-state index in [0.717, 1.165) is 11.3 Å². The largest absolute Gasteiger partial charge is 0.223 e. The molecule has 0 amide bonds. The van der Waals surface area contributed by atoms with Crippen LogP contribution in [-0.4, -0.2) is 24.4 Å². The summed E-state index contributed by atoms with van der Waals surface area (Å²) in [4.78, 5) is 0. The zero-order valence-corrected chi connectivity index (χ0v) is 9.81. The fraction of sp³-hybridized carbons (Fsp3) is 0.200. The van der Waals surface area contributed by atoms with Gasteiger partial charge in [-0.25, -0.2) is 8.80 Å². The molecule has 0 aliphatic carbocycles. The molecule has 1 aromatic carbocycles. The van der Waals surface area contributed by atoms with Crippen LogP contribution in [0.25, 0.3) is 0 Å². The molecule has 1 rings (SSSR count). The molecular weight excluding hydrogens is 212 g/mol. The minimum absolute atomic E-state index is 0.910. The Labute approximate surface area is 93.2 Å². The molecule has 1 aromatic rings. The predicted octanol–water partition coefficient (Wildman–Crippen LogP) is 3.10. The number of rotatable bonds is 4. The maximum Gasteiger partial charge on any atom is 0.0974 e. The van der Waals surface area contributed by atoms with Gasteiger partial charge in [-0.2, -0.15) is 0 Å². The van der Waals surface area contributed by atoms with E-state index in [-0.39, 0.29) is 0 Å². The minimum atomic E-state index is 0.910. The first-order valence-corrected chi connectivity index (χ1v) is 6.48. The van der Waals surface area contributed by atoms with Crippen molar-refractivity contribution < 1.29 is 0 Å². The van der Waals surface area contributed by atoms with Crippen LogP contribution in [0.15, 0.2) is 39.1 Å². The van der Waals surface area contributed by atoms with Crippen LogP contribution in [0.3, 0.4) is 0 Å². The molecule has 0 atom stereocenters. The Morgan fingerprint density at radius 2 is 1.86 bits per heavy atom. The molecule has 0 saturated heterocycles. The molecule has 0 unspecified atom stereocenters. The van der Waals surface area contributed by atoms with Crippen LogP contribution >= 0.6 is 23.9 Å². The highest BCUT2D eigenvalue weighted by molar-refractivity contribution is 7.97. The van der Waals surface area contributed by atoms with Gasteiger partial charge >= 0.3 is 0 Å². The van der Waals surface area contributed by atoms with Crippen LogP contribution in [-0.2, 0) is 0 Å². The summed E-state index contributed by atoms with van der Waals surface area (Å²) in [6.45, 7) is 0. The molecule has 74 valence electrons. The van der Waals surface area contributed by atoms with Gasteiger partial charge in [0.1, 0.15) is 0 Å². The summed E-state index contributed by atoms with van der Waals surface area (Å²) in [6.07, 6.45) is 5.66. The molecule has 0 N–H and O–H groups in total. The second kappa shape index (κ2) is 6.68. The van der Waals surface area contributed by atoms with Crippen LogP contribution in [0.1, 0.15) is 5.56 Å². The van der Waals surface area contributed by atoms with Gasteiger partial charge in [0, 0.05) is 18.1 Å². The summed E-state index contributed by atoms with van der Waals surface area (Å²) in [5.74, 6) is 0. The number of hydrogen-bond acceptors (Lipinski definition) is 4. The Bertz CT molecular complexity index is 320. The van der Waals surface area contributed by atoms with Crippen LogP contribution in [0, 0.1) is 0 Å². The van der Waals surface area contributed by atoms with Gasteiger partial charge in [0.05, 0.1) is 11.9 Å². The van der Waals surface area contributed by atoms with E-state index >= 15 is 0 Å². The summed E-state index contributed by atoms with van der Waals surface area (Å²) in [5.41, 5.74) is 2.01. The van der Waals surface area contributed by atoms with E-state index in [1.54, 1.807) is 6.21 Å². The maximum absolute atomic E-state index is 4.30. The van der Waals surface area contributed by atoms with Crippen molar-refractivity contribution in [2.45, 2.75) is 0 Å². The first-order valence-electron chi connectivity index (χ1n) is 4.11. The molecular formula is C10H12N2S2. The van der Waals surface area contributed by atoms with Gasteiger partial charge < -0.3 is 0 Å². The summed E-state index contributed by atoms with van der Waals surface area (Å²) in [6, 6.07) is 10.0. The zero-order valence-electron chi connectivity index (χ0n) is 8.18. The number of benzene rings is 1. The van der Waals surface area contributed by atoms with E-state index in [0.29, 0.717) is 0 Å². The molecule has 0 radical (unpaired) electrons. The quantitative estimate of drug-likeness (QED) is 0.580. The standard InChI is InChI=1S/C10H12N2S2/c1-13-11-8-10(12-14-2)9-6-4-3-5-7-9/h3-8H,1-2H3. The van der Waals surface area contributed by atoms with E-state index in [2.05, 4.69) is 8.80 Å². The lowest BCUT2D eigenvalue weighted by molar-refractivity contribution is 1.65. The highest BCUT2D eigenvalue weighted by atomic mass is 32.2. The van der Waals surface area contributed by atoms with Gasteiger partial charge in [-0.05, 0) is 23.9 Å². The fourth-order valence-electron chi connectivity index (χ4n) is 0.961. The lowest BCUT2D eigenvalue weighted by Crippen LogP contribution is -2.00. The van der Waals surface area contributed by atoms with Gasteiger partial charge in [-0.3, -0.25) is 0 Å².